The van der Waals surface area contributed by atoms with Crippen LogP contribution in [0.25, 0.3) is 0 Å². The Bertz CT molecular complexity index is 386. The van der Waals surface area contributed by atoms with Crippen molar-refractivity contribution in [1.29, 1.82) is 0 Å². The summed E-state index contributed by atoms with van der Waals surface area (Å²) in [5.74, 6) is 0.0487. The molecule has 0 spiro atoms. The largest absolute Gasteiger partial charge is 0.385 e. The zero-order chi connectivity index (χ0) is 14.3. The van der Waals surface area contributed by atoms with Crippen LogP contribution in [0.1, 0.15) is 38.3 Å². The predicted molar refractivity (Wildman–Crippen MR) is 78.1 cm³/mol. The van der Waals surface area contributed by atoms with Crippen LogP contribution in [0.5, 0.6) is 0 Å². The highest BCUT2D eigenvalue weighted by Gasteiger charge is 2.21. The Hall–Kier alpha value is -0.640. The van der Waals surface area contributed by atoms with Gasteiger partial charge in [0.1, 0.15) is 5.82 Å². The van der Waals surface area contributed by atoms with E-state index in [9.17, 15) is 4.39 Å². The lowest BCUT2D eigenvalue weighted by molar-refractivity contribution is 0.169. The third-order valence-electron chi connectivity index (χ3n) is 3.26. The molecule has 0 saturated heterocycles. The van der Waals surface area contributed by atoms with Gasteiger partial charge in [-0.1, -0.05) is 31.5 Å². The van der Waals surface area contributed by atoms with Crippen molar-refractivity contribution in [3.63, 3.8) is 0 Å². The first-order valence-corrected chi connectivity index (χ1v) is 7.15. The summed E-state index contributed by atoms with van der Waals surface area (Å²) in [5.41, 5.74) is 0.682. The first kappa shape index (κ1) is 16.4. The van der Waals surface area contributed by atoms with Gasteiger partial charge in [-0.2, -0.15) is 0 Å². The Kier molecular flexibility index (Phi) is 7.36. The fourth-order valence-electron chi connectivity index (χ4n) is 2.14. The van der Waals surface area contributed by atoms with Crippen molar-refractivity contribution in [2.24, 2.45) is 5.92 Å². The normalized spacial score (nSPS) is 14.4. The molecule has 0 aliphatic heterocycles. The van der Waals surface area contributed by atoms with E-state index < -0.39 is 0 Å². The van der Waals surface area contributed by atoms with Crippen LogP contribution in [0.4, 0.5) is 4.39 Å². The maximum atomic E-state index is 14.1. The van der Waals surface area contributed by atoms with Crippen LogP contribution in [0, 0.1) is 11.7 Å². The summed E-state index contributed by atoms with van der Waals surface area (Å²) in [6.45, 7) is 5.76. The van der Waals surface area contributed by atoms with E-state index in [0.717, 1.165) is 19.4 Å². The van der Waals surface area contributed by atoms with Crippen molar-refractivity contribution in [1.82, 2.24) is 5.32 Å². The first-order valence-electron chi connectivity index (χ1n) is 6.77. The number of methoxy groups -OCH3 is 1. The Balaban J connectivity index is 2.88. The minimum Gasteiger partial charge on any atom is -0.385 e. The Labute approximate surface area is 120 Å². The summed E-state index contributed by atoms with van der Waals surface area (Å²) < 4.78 is 19.2. The average molecular weight is 288 g/mol. The molecule has 19 heavy (non-hydrogen) atoms. The highest BCUT2D eigenvalue weighted by atomic mass is 35.5. The molecule has 2 atom stereocenters. The molecule has 0 amide bonds. The van der Waals surface area contributed by atoms with E-state index >= 15 is 0 Å². The summed E-state index contributed by atoms with van der Waals surface area (Å²) in [6.07, 6.45) is 1.91. The molecule has 108 valence electrons. The van der Waals surface area contributed by atoms with E-state index in [-0.39, 0.29) is 11.9 Å². The second kappa shape index (κ2) is 8.51. The maximum absolute atomic E-state index is 14.1. The van der Waals surface area contributed by atoms with Gasteiger partial charge < -0.3 is 10.1 Å². The molecule has 0 aromatic heterocycles. The van der Waals surface area contributed by atoms with Gasteiger partial charge in [0.05, 0.1) is 0 Å². The molecule has 0 aliphatic rings. The highest BCUT2D eigenvalue weighted by Crippen LogP contribution is 2.28. The van der Waals surface area contributed by atoms with Gasteiger partial charge in [0, 0.05) is 30.3 Å². The molecule has 2 unspecified atom stereocenters. The Morgan fingerprint density at radius 2 is 2.16 bits per heavy atom. The number of halogens is 2. The second-order valence-corrected chi connectivity index (χ2v) is 5.29. The van der Waals surface area contributed by atoms with Crippen molar-refractivity contribution in [2.45, 2.75) is 32.7 Å². The predicted octanol–water partition coefficient (Wildman–Crippen LogP) is 4.19. The molecule has 0 bridgehead atoms. The minimum absolute atomic E-state index is 0.00707. The molecule has 1 aromatic rings. The number of rotatable bonds is 8. The first-order chi connectivity index (χ1) is 9.10. The third kappa shape index (κ3) is 5.09. The van der Waals surface area contributed by atoms with Crippen molar-refractivity contribution < 1.29 is 9.13 Å². The fraction of sp³-hybridized carbons (Fsp3) is 0.600. The molecule has 2 nitrogen and oxygen atoms in total. The fourth-order valence-corrected chi connectivity index (χ4v) is 2.30. The van der Waals surface area contributed by atoms with Crippen molar-refractivity contribution in [2.75, 3.05) is 20.3 Å². The van der Waals surface area contributed by atoms with Gasteiger partial charge in [0.15, 0.2) is 0 Å². The lowest BCUT2D eigenvalue weighted by Crippen LogP contribution is -2.29. The molecule has 1 rings (SSSR count). The molecule has 0 aliphatic carbocycles. The number of hydrogen-bond acceptors (Lipinski definition) is 2. The standard InChI is InChI=1S/C15H23ClFNO/c1-4-8-18-15(11(2)7-9-19-3)13-6-5-12(16)10-14(13)17/h5-6,10-11,15,18H,4,7-9H2,1-3H3. The topological polar surface area (TPSA) is 21.3 Å². The molecule has 4 heteroatoms. The van der Waals surface area contributed by atoms with Crippen LogP contribution in [0.3, 0.4) is 0 Å². The molecule has 1 aromatic carbocycles. The van der Waals surface area contributed by atoms with Gasteiger partial charge in [-0.3, -0.25) is 0 Å². The van der Waals surface area contributed by atoms with Gasteiger partial charge in [-0.05, 0) is 37.4 Å². The summed E-state index contributed by atoms with van der Waals surface area (Å²) in [6, 6.07) is 4.88. The SMILES string of the molecule is CCCNC(c1ccc(Cl)cc1F)C(C)CCOC. The highest BCUT2D eigenvalue weighted by molar-refractivity contribution is 6.30. The van der Waals surface area contributed by atoms with E-state index in [1.54, 1.807) is 19.2 Å². The van der Waals surface area contributed by atoms with Crippen LogP contribution in [0.15, 0.2) is 18.2 Å². The van der Waals surface area contributed by atoms with Gasteiger partial charge >= 0.3 is 0 Å². The summed E-state index contributed by atoms with van der Waals surface area (Å²) in [5, 5.41) is 3.85. The van der Waals surface area contributed by atoms with Crippen LogP contribution in [-0.2, 0) is 4.74 Å². The van der Waals surface area contributed by atoms with Gasteiger partial charge in [0.2, 0.25) is 0 Å². The van der Waals surface area contributed by atoms with Crippen LogP contribution >= 0.6 is 11.6 Å². The second-order valence-electron chi connectivity index (χ2n) is 4.86. The quantitative estimate of drug-likeness (QED) is 0.774. The van der Waals surface area contributed by atoms with Crippen LogP contribution in [-0.4, -0.2) is 20.3 Å². The molecular weight excluding hydrogens is 265 g/mol. The maximum Gasteiger partial charge on any atom is 0.129 e. The van der Waals surface area contributed by atoms with Gasteiger partial charge in [-0.25, -0.2) is 4.39 Å². The van der Waals surface area contributed by atoms with E-state index in [1.807, 2.05) is 0 Å². The average Bonchev–Trinajstić information content (AvgIpc) is 2.38. The summed E-state index contributed by atoms with van der Waals surface area (Å²) in [7, 11) is 1.68. The van der Waals surface area contributed by atoms with Gasteiger partial charge in [-0.15, -0.1) is 0 Å². The zero-order valence-electron chi connectivity index (χ0n) is 11.9. The van der Waals surface area contributed by atoms with Crippen molar-refractivity contribution in [3.05, 3.63) is 34.6 Å². The molecule has 0 saturated carbocycles. The minimum atomic E-state index is -0.245. The summed E-state index contributed by atoms with van der Waals surface area (Å²) in [4.78, 5) is 0. The van der Waals surface area contributed by atoms with Crippen molar-refractivity contribution >= 4 is 11.6 Å². The molecule has 0 radical (unpaired) electrons. The van der Waals surface area contributed by atoms with E-state index in [0.29, 0.717) is 23.1 Å². The van der Waals surface area contributed by atoms with Crippen LogP contribution in [0.2, 0.25) is 5.02 Å². The van der Waals surface area contributed by atoms with Crippen LogP contribution < -0.4 is 5.32 Å². The zero-order valence-corrected chi connectivity index (χ0v) is 12.6. The summed E-state index contributed by atoms with van der Waals surface area (Å²) >= 11 is 5.81. The molecule has 0 heterocycles. The molecule has 1 N–H and O–H groups in total. The van der Waals surface area contributed by atoms with E-state index in [1.165, 1.54) is 6.07 Å². The smallest absolute Gasteiger partial charge is 0.129 e. The van der Waals surface area contributed by atoms with E-state index in [2.05, 4.69) is 19.2 Å². The number of hydrogen-bond donors (Lipinski definition) is 1. The Morgan fingerprint density at radius 3 is 2.74 bits per heavy atom. The van der Waals surface area contributed by atoms with E-state index in [4.69, 9.17) is 16.3 Å². The van der Waals surface area contributed by atoms with Crippen molar-refractivity contribution in [3.8, 4) is 0 Å². The number of benzene rings is 1. The Morgan fingerprint density at radius 1 is 1.42 bits per heavy atom. The number of nitrogens with one attached hydrogen (secondary N) is 1. The lowest BCUT2D eigenvalue weighted by Gasteiger charge is -2.26. The lowest BCUT2D eigenvalue weighted by atomic mass is 9.91. The monoisotopic (exact) mass is 287 g/mol. The van der Waals surface area contributed by atoms with Gasteiger partial charge in [0.25, 0.3) is 0 Å². The molecular formula is C15H23ClFNO. The third-order valence-corrected chi connectivity index (χ3v) is 3.49. The molecule has 0 fully saturated rings. The number of ether oxygens (including phenoxy) is 1.